The molecule has 1 aliphatic heterocycles. The topological polar surface area (TPSA) is 21.3 Å². The van der Waals surface area contributed by atoms with Crippen LogP contribution in [0.15, 0.2) is 24.3 Å². The lowest BCUT2D eigenvalue weighted by molar-refractivity contribution is 0.0910. The fraction of sp³-hybridized carbons (Fsp3) is 0.571. The van der Waals surface area contributed by atoms with Crippen molar-refractivity contribution in [1.29, 1.82) is 0 Å². The maximum absolute atomic E-state index is 5.84. The van der Waals surface area contributed by atoms with Crippen molar-refractivity contribution in [2.45, 2.75) is 25.9 Å². The Balaban J connectivity index is 2.09. The fourth-order valence-electron chi connectivity index (χ4n) is 2.42. The van der Waals surface area contributed by atoms with E-state index in [4.69, 9.17) is 4.74 Å². The molecule has 2 nitrogen and oxygen atoms in total. The van der Waals surface area contributed by atoms with Gasteiger partial charge in [0.15, 0.2) is 0 Å². The number of ether oxygens (including phenoxy) is 1. The van der Waals surface area contributed by atoms with Crippen molar-refractivity contribution in [3.05, 3.63) is 35.4 Å². The van der Waals surface area contributed by atoms with Gasteiger partial charge in [0.25, 0.3) is 0 Å². The summed E-state index contributed by atoms with van der Waals surface area (Å²) in [5, 5.41) is 3.25. The SMILES string of the molecule is CCc1ccc(C2OCCC2CNC)cc1. The van der Waals surface area contributed by atoms with Crippen molar-refractivity contribution in [1.82, 2.24) is 5.32 Å². The lowest BCUT2D eigenvalue weighted by Crippen LogP contribution is -2.21. The molecule has 1 saturated heterocycles. The van der Waals surface area contributed by atoms with E-state index < -0.39 is 0 Å². The van der Waals surface area contributed by atoms with Crippen LogP contribution in [-0.2, 0) is 11.2 Å². The van der Waals surface area contributed by atoms with E-state index in [1.807, 2.05) is 7.05 Å². The van der Waals surface area contributed by atoms with Gasteiger partial charge in [-0.2, -0.15) is 0 Å². The van der Waals surface area contributed by atoms with Gasteiger partial charge in [0.1, 0.15) is 0 Å². The van der Waals surface area contributed by atoms with Crippen LogP contribution < -0.4 is 5.32 Å². The molecule has 2 unspecified atom stereocenters. The second kappa shape index (κ2) is 5.46. The van der Waals surface area contributed by atoms with E-state index in [9.17, 15) is 0 Å². The molecule has 0 saturated carbocycles. The second-order valence-corrected chi connectivity index (χ2v) is 4.49. The molecule has 0 aliphatic carbocycles. The fourth-order valence-corrected chi connectivity index (χ4v) is 2.42. The third kappa shape index (κ3) is 2.45. The minimum absolute atomic E-state index is 0.290. The van der Waals surface area contributed by atoms with E-state index in [0.29, 0.717) is 12.0 Å². The Labute approximate surface area is 98.0 Å². The Morgan fingerprint density at radius 1 is 1.31 bits per heavy atom. The molecule has 0 amide bonds. The summed E-state index contributed by atoms with van der Waals surface area (Å²) in [4.78, 5) is 0. The average Bonchev–Trinajstić information content (AvgIpc) is 2.78. The molecule has 0 bridgehead atoms. The number of benzene rings is 1. The van der Waals surface area contributed by atoms with Crippen LogP contribution in [0.5, 0.6) is 0 Å². The quantitative estimate of drug-likeness (QED) is 0.840. The molecule has 2 atom stereocenters. The highest BCUT2D eigenvalue weighted by molar-refractivity contribution is 5.25. The highest BCUT2D eigenvalue weighted by atomic mass is 16.5. The molecule has 1 aromatic carbocycles. The van der Waals surface area contributed by atoms with Gasteiger partial charge in [0.2, 0.25) is 0 Å². The number of hydrogen-bond acceptors (Lipinski definition) is 2. The Bertz CT molecular complexity index is 320. The first-order valence-electron chi connectivity index (χ1n) is 6.20. The van der Waals surface area contributed by atoms with Crippen LogP contribution in [0.2, 0.25) is 0 Å². The molecular weight excluding hydrogens is 198 g/mol. The van der Waals surface area contributed by atoms with Crippen LogP contribution in [0.1, 0.15) is 30.6 Å². The zero-order valence-electron chi connectivity index (χ0n) is 10.2. The lowest BCUT2D eigenvalue weighted by atomic mass is 9.94. The third-order valence-corrected chi connectivity index (χ3v) is 3.40. The van der Waals surface area contributed by atoms with Gasteiger partial charge in [-0.05, 0) is 31.0 Å². The standard InChI is InChI=1S/C14H21NO/c1-3-11-4-6-12(7-5-11)14-13(10-15-2)8-9-16-14/h4-7,13-15H,3,8-10H2,1-2H3. The molecule has 2 heteroatoms. The van der Waals surface area contributed by atoms with Gasteiger partial charge >= 0.3 is 0 Å². The number of aryl methyl sites for hydroxylation is 1. The van der Waals surface area contributed by atoms with E-state index in [2.05, 4.69) is 36.5 Å². The smallest absolute Gasteiger partial charge is 0.0866 e. The first-order valence-corrected chi connectivity index (χ1v) is 6.20. The van der Waals surface area contributed by atoms with Crippen LogP contribution in [0, 0.1) is 5.92 Å². The highest BCUT2D eigenvalue weighted by Gasteiger charge is 2.28. The summed E-state index contributed by atoms with van der Waals surface area (Å²) in [7, 11) is 2.01. The Morgan fingerprint density at radius 2 is 2.06 bits per heavy atom. The summed E-state index contributed by atoms with van der Waals surface area (Å²) < 4.78 is 5.84. The molecule has 1 fully saturated rings. The van der Waals surface area contributed by atoms with Crippen LogP contribution in [0.3, 0.4) is 0 Å². The monoisotopic (exact) mass is 219 g/mol. The molecule has 2 rings (SSSR count). The van der Waals surface area contributed by atoms with Gasteiger partial charge in [-0.15, -0.1) is 0 Å². The van der Waals surface area contributed by atoms with Crippen molar-refractivity contribution in [2.75, 3.05) is 20.2 Å². The van der Waals surface area contributed by atoms with Gasteiger partial charge in [-0.25, -0.2) is 0 Å². The Hall–Kier alpha value is -0.860. The van der Waals surface area contributed by atoms with Gasteiger partial charge < -0.3 is 10.1 Å². The van der Waals surface area contributed by atoms with Crippen molar-refractivity contribution < 1.29 is 4.74 Å². The zero-order chi connectivity index (χ0) is 11.4. The first kappa shape index (κ1) is 11.6. The molecule has 1 aromatic rings. The van der Waals surface area contributed by atoms with Crippen molar-refractivity contribution in [3.63, 3.8) is 0 Å². The summed E-state index contributed by atoms with van der Waals surface area (Å²) in [6.07, 6.45) is 2.56. The molecule has 1 aliphatic rings. The van der Waals surface area contributed by atoms with Gasteiger partial charge in [-0.3, -0.25) is 0 Å². The van der Waals surface area contributed by atoms with E-state index in [1.54, 1.807) is 0 Å². The van der Waals surface area contributed by atoms with Gasteiger partial charge in [-0.1, -0.05) is 31.2 Å². The number of rotatable bonds is 4. The number of nitrogens with one attached hydrogen (secondary N) is 1. The summed E-state index contributed by atoms with van der Waals surface area (Å²) in [6, 6.07) is 8.87. The predicted octanol–water partition coefficient (Wildman–Crippen LogP) is 2.55. The maximum atomic E-state index is 5.84. The molecule has 0 aromatic heterocycles. The first-order chi connectivity index (χ1) is 7.85. The van der Waals surface area contributed by atoms with E-state index in [0.717, 1.165) is 19.6 Å². The van der Waals surface area contributed by atoms with Gasteiger partial charge in [0, 0.05) is 19.1 Å². The molecule has 0 spiro atoms. The van der Waals surface area contributed by atoms with Crippen molar-refractivity contribution >= 4 is 0 Å². The molecule has 1 N–H and O–H groups in total. The molecular formula is C14H21NO. The lowest BCUT2D eigenvalue weighted by Gasteiger charge is -2.18. The predicted molar refractivity (Wildman–Crippen MR) is 66.5 cm³/mol. The minimum atomic E-state index is 0.290. The highest BCUT2D eigenvalue weighted by Crippen LogP contribution is 2.34. The Kier molecular flexibility index (Phi) is 3.97. The number of hydrogen-bond donors (Lipinski definition) is 1. The van der Waals surface area contributed by atoms with E-state index in [1.165, 1.54) is 17.5 Å². The molecule has 16 heavy (non-hydrogen) atoms. The third-order valence-electron chi connectivity index (χ3n) is 3.40. The normalized spacial score (nSPS) is 24.9. The average molecular weight is 219 g/mol. The van der Waals surface area contributed by atoms with Crippen LogP contribution in [0.4, 0.5) is 0 Å². The summed E-state index contributed by atoms with van der Waals surface area (Å²) >= 11 is 0. The molecule has 88 valence electrons. The van der Waals surface area contributed by atoms with Crippen molar-refractivity contribution in [3.8, 4) is 0 Å². The maximum Gasteiger partial charge on any atom is 0.0866 e. The zero-order valence-corrected chi connectivity index (χ0v) is 10.2. The summed E-state index contributed by atoms with van der Waals surface area (Å²) in [6.45, 7) is 4.12. The molecule has 1 heterocycles. The van der Waals surface area contributed by atoms with E-state index >= 15 is 0 Å². The van der Waals surface area contributed by atoms with Gasteiger partial charge in [0.05, 0.1) is 6.10 Å². The van der Waals surface area contributed by atoms with Crippen LogP contribution in [0.25, 0.3) is 0 Å². The largest absolute Gasteiger partial charge is 0.373 e. The van der Waals surface area contributed by atoms with Crippen LogP contribution in [-0.4, -0.2) is 20.2 Å². The molecule has 0 radical (unpaired) electrons. The summed E-state index contributed by atoms with van der Waals surface area (Å²) in [5.41, 5.74) is 2.72. The minimum Gasteiger partial charge on any atom is -0.373 e. The van der Waals surface area contributed by atoms with Crippen molar-refractivity contribution in [2.24, 2.45) is 5.92 Å². The second-order valence-electron chi connectivity index (χ2n) is 4.49. The van der Waals surface area contributed by atoms with E-state index in [-0.39, 0.29) is 0 Å². The Morgan fingerprint density at radius 3 is 2.69 bits per heavy atom. The van der Waals surface area contributed by atoms with Crippen LogP contribution >= 0.6 is 0 Å². The summed E-state index contributed by atoms with van der Waals surface area (Å²) in [5.74, 6) is 0.623.